The lowest BCUT2D eigenvalue weighted by Crippen LogP contribution is -2.03. The van der Waals surface area contributed by atoms with Gasteiger partial charge in [-0.3, -0.25) is 0 Å². The van der Waals surface area contributed by atoms with Gasteiger partial charge in [-0.05, 0) is 33.1 Å². The van der Waals surface area contributed by atoms with Crippen molar-refractivity contribution in [2.75, 3.05) is 13.2 Å². The maximum absolute atomic E-state index is 8.43. The molecule has 2 nitrogen and oxygen atoms in total. The van der Waals surface area contributed by atoms with Crippen LogP contribution in [0.15, 0.2) is 0 Å². The van der Waals surface area contributed by atoms with Gasteiger partial charge in [0.1, 0.15) is 0 Å². The molecule has 0 aliphatic carbocycles. The molecule has 0 unspecified atom stereocenters. The highest BCUT2D eigenvalue weighted by molar-refractivity contribution is 4.41. The molecule has 2 heteroatoms. The zero-order chi connectivity index (χ0) is 7.82. The lowest BCUT2D eigenvalue weighted by atomic mass is 10.2. The van der Waals surface area contributed by atoms with E-state index in [-0.39, 0.29) is 0 Å². The Morgan fingerprint density at radius 3 is 2.40 bits per heavy atom. The largest absolute Gasteiger partial charge is 0.396 e. The predicted octanol–water partition coefficient (Wildman–Crippen LogP) is 1.57. The van der Waals surface area contributed by atoms with Gasteiger partial charge < -0.3 is 9.84 Å². The predicted molar refractivity (Wildman–Crippen MR) is 42.0 cm³/mol. The Kier molecular flexibility index (Phi) is 6.98. The summed E-state index contributed by atoms with van der Waals surface area (Å²) in [6.45, 7) is 5.21. The van der Waals surface area contributed by atoms with Crippen LogP contribution in [-0.2, 0) is 4.74 Å². The molecular formula is C8H18O2. The van der Waals surface area contributed by atoms with Crippen molar-refractivity contribution in [1.29, 1.82) is 0 Å². The van der Waals surface area contributed by atoms with E-state index in [1.165, 1.54) is 0 Å². The Hall–Kier alpha value is -0.0800. The van der Waals surface area contributed by atoms with Crippen LogP contribution in [0.4, 0.5) is 0 Å². The smallest absolute Gasteiger partial charge is 0.0518 e. The molecule has 0 spiro atoms. The molecule has 0 radical (unpaired) electrons. The van der Waals surface area contributed by atoms with Crippen LogP contribution in [0.25, 0.3) is 0 Å². The van der Waals surface area contributed by atoms with Crippen molar-refractivity contribution in [3.05, 3.63) is 0 Å². The van der Waals surface area contributed by atoms with E-state index in [0.29, 0.717) is 12.7 Å². The maximum Gasteiger partial charge on any atom is 0.0518 e. The standard InChI is InChI=1S/C8H18O2/c1-8(2)10-7-5-3-4-6-9/h8-9H,3-7H2,1-2H3. The van der Waals surface area contributed by atoms with E-state index < -0.39 is 0 Å². The van der Waals surface area contributed by atoms with Crippen molar-refractivity contribution >= 4 is 0 Å². The molecule has 0 saturated carbocycles. The topological polar surface area (TPSA) is 29.5 Å². The Morgan fingerprint density at radius 2 is 1.90 bits per heavy atom. The van der Waals surface area contributed by atoms with E-state index >= 15 is 0 Å². The van der Waals surface area contributed by atoms with Crippen molar-refractivity contribution in [2.24, 2.45) is 0 Å². The number of hydrogen-bond donors (Lipinski definition) is 1. The van der Waals surface area contributed by atoms with E-state index in [4.69, 9.17) is 9.84 Å². The molecule has 0 aromatic heterocycles. The Labute approximate surface area is 63.2 Å². The van der Waals surface area contributed by atoms with Crippen molar-refractivity contribution in [3.63, 3.8) is 0 Å². The van der Waals surface area contributed by atoms with E-state index in [2.05, 4.69) is 0 Å². The number of unbranched alkanes of at least 4 members (excludes halogenated alkanes) is 2. The van der Waals surface area contributed by atoms with Gasteiger partial charge >= 0.3 is 0 Å². The second kappa shape index (κ2) is 7.03. The van der Waals surface area contributed by atoms with Crippen LogP contribution < -0.4 is 0 Å². The number of aliphatic hydroxyl groups excluding tert-OH is 1. The number of aliphatic hydroxyl groups is 1. The third kappa shape index (κ3) is 7.92. The first-order valence-corrected chi connectivity index (χ1v) is 4.00. The van der Waals surface area contributed by atoms with Crippen LogP contribution in [0.1, 0.15) is 33.1 Å². The highest BCUT2D eigenvalue weighted by Crippen LogP contribution is 1.96. The minimum atomic E-state index is 0.307. The van der Waals surface area contributed by atoms with E-state index in [1.807, 2.05) is 13.8 Å². The fourth-order valence-electron chi connectivity index (χ4n) is 0.710. The quantitative estimate of drug-likeness (QED) is 0.576. The Balaban J connectivity index is 2.77. The number of hydrogen-bond acceptors (Lipinski definition) is 2. The SMILES string of the molecule is CC(C)OCCCCCO. The van der Waals surface area contributed by atoms with Crippen LogP contribution in [0.3, 0.4) is 0 Å². The summed E-state index contributed by atoms with van der Waals surface area (Å²) >= 11 is 0. The average Bonchev–Trinajstić information content (AvgIpc) is 1.87. The van der Waals surface area contributed by atoms with Gasteiger partial charge in [-0.15, -0.1) is 0 Å². The molecule has 0 aliphatic heterocycles. The fourth-order valence-corrected chi connectivity index (χ4v) is 0.710. The maximum atomic E-state index is 8.43. The summed E-state index contributed by atoms with van der Waals surface area (Å²) in [5, 5.41) is 8.43. The van der Waals surface area contributed by atoms with Crippen molar-refractivity contribution in [2.45, 2.75) is 39.2 Å². The van der Waals surface area contributed by atoms with E-state index in [0.717, 1.165) is 25.9 Å². The minimum Gasteiger partial charge on any atom is -0.396 e. The summed E-state index contributed by atoms with van der Waals surface area (Å²) in [4.78, 5) is 0. The van der Waals surface area contributed by atoms with Gasteiger partial charge in [0.15, 0.2) is 0 Å². The van der Waals surface area contributed by atoms with Gasteiger partial charge in [0.2, 0.25) is 0 Å². The lowest BCUT2D eigenvalue weighted by Gasteiger charge is -2.05. The van der Waals surface area contributed by atoms with Crippen LogP contribution in [0.5, 0.6) is 0 Å². The Bertz CT molecular complexity index is 62.3. The molecule has 0 saturated heterocycles. The van der Waals surface area contributed by atoms with Crippen molar-refractivity contribution in [3.8, 4) is 0 Å². The van der Waals surface area contributed by atoms with Crippen LogP contribution in [0, 0.1) is 0 Å². The minimum absolute atomic E-state index is 0.307. The zero-order valence-electron chi connectivity index (χ0n) is 6.97. The first kappa shape index (κ1) is 9.92. The van der Waals surface area contributed by atoms with Gasteiger partial charge in [0, 0.05) is 13.2 Å². The summed E-state index contributed by atoms with van der Waals surface area (Å²) < 4.78 is 5.31. The van der Waals surface area contributed by atoms with Gasteiger partial charge in [0.05, 0.1) is 6.10 Å². The molecule has 0 amide bonds. The molecule has 0 aliphatic rings. The molecule has 62 valence electrons. The third-order valence-electron chi connectivity index (χ3n) is 1.25. The third-order valence-corrected chi connectivity index (χ3v) is 1.25. The van der Waals surface area contributed by atoms with E-state index in [1.54, 1.807) is 0 Å². The Morgan fingerprint density at radius 1 is 1.20 bits per heavy atom. The molecule has 0 aromatic rings. The first-order valence-electron chi connectivity index (χ1n) is 4.00. The molecule has 0 aromatic carbocycles. The normalized spacial score (nSPS) is 10.8. The van der Waals surface area contributed by atoms with Gasteiger partial charge in [-0.2, -0.15) is 0 Å². The molecule has 0 bridgehead atoms. The molecule has 0 atom stereocenters. The summed E-state index contributed by atoms with van der Waals surface area (Å²) in [7, 11) is 0. The summed E-state index contributed by atoms with van der Waals surface area (Å²) in [6, 6.07) is 0. The molecule has 0 fully saturated rings. The number of ether oxygens (including phenoxy) is 1. The first-order chi connectivity index (χ1) is 4.77. The summed E-state index contributed by atoms with van der Waals surface area (Å²) in [5.74, 6) is 0. The highest BCUT2D eigenvalue weighted by Gasteiger charge is 1.91. The lowest BCUT2D eigenvalue weighted by molar-refractivity contribution is 0.0750. The van der Waals surface area contributed by atoms with Crippen LogP contribution >= 0.6 is 0 Å². The van der Waals surface area contributed by atoms with Gasteiger partial charge in [0.25, 0.3) is 0 Å². The second-order valence-electron chi connectivity index (χ2n) is 2.70. The molecule has 0 rings (SSSR count). The van der Waals surface area contributed by atoms with Crippen LogP contribution in [-0.4, -0.2) is 24.4 Å². The van der Waals surface area contributed by atoms with Gasteiger partial charge in [-0.1, -0.05) is 0 Å². The van der Waals surface area contributed by atoms with Gasteiger partial charge in [-0.25, -0.2) is 0 Å². The average molecular weight is 146 g/mol. The van der Waals surface area contributed by atoms with Crippen LogP contribution in [0.2, 0.25) is 0 Å². The number of rotatable bonds is 6. The fraction of sp³-hybridized carbons (Fsp3) is 1.00. The molecule has 0 heterocycles. The molecular weight excluding hydrogens is 128 g/mol. The monoisotopic (exact) mass is 146 g/mol. The van der Waals surface area contributed by atoms with Crippen molar-refractivity contribution in [1.82, 2.24) is 0 Å². The summed E-state index contributed by atoms with van der Waals surface area (Å²) in [6.07, 6.45) is 3.39. The zero-order valence-corrected chi connectivity index (χ0v) is 6.97. The summed E-state index contributed by atoms with van der Waals surface area (Å²) in [5.41, 5.74) is 0. The highest BCUT2D eigenvalue weighted by atomic mass is 16.5. The molecule has 1 N–H and O–H groups in total. The van der Waals surface area contributed by atoms with E-state index in [9.17, 15) is 0 Å². The second-order valence-corrected chi connectivity index (χ2v) is 2.70. The molecule has 10 heavy (non-hydrogen) atoms. The van der Waals surface area contributed by atoms with Crippen molar-refractivity contribution < 1.29 is 9.84 Å².